The van der Waals surface area contributed by atoms with E-state index in [0.29, 0.717) is 29.3 Å². The Morgan fingerprint density at radius 2 is 1.73 bits per heavy atom. The second kappa shape index (κ2) is 7.77. The number of anilines is 1. The van der Waals surface area contributed by atoms with Crippen molar-refractivity contribution in [1.29, 1.82) is 0 Å². The molecule has 0 fully saturated rings. The molecule has 1 aliphatic heterocycles. The number of nitrogens with one attached hydrogen (secondary N) is 1. The highest BCUT2D eigenvalue weighted by Gasteiger charge is 2.30. The average Bonchev–Trinajstić information content (AvgIpc) is 3.18. The summed E-state index contributed by atoms with van der Waals surface area (Å²) < 4.78 is 15.7. The maximum absolute atomic E-state index is 12.4. The number of rotatable bonds is 6. The Kier molecular flexibility index (Phi) is 5.26. The number of amides is 1. The van der Waals surface area contributed by atoms with Crippen LogP contribution in [0.5, 0.6) is 17.2 Å². The molecule has 1 amide bonds. The van der Waals surface area contributed by atoms with Crippen LogP contribution in [0.2, 0.25) is 0 Å². The van der Waals surface area contributed by atoms with Crippen LogP contribution in [-0.4, -0.2) is 39.1 Å². The van der Waals surface area contributed by atoms with Crippen molar-refractivity contribution in [2.75, 3.05) is 26.6 Å². The average molecular weight is 356 g/mol. The number of hydrogen-bond donors (Lipinski definition) is 1. The van der Waals surface area contributed by atoms with Crippen LogP contribution in [0.4, 0.5) is 5.69 Å². The van der Waals surface area contributed by atoms with Gasteiger partial charge < -0.3 is 24.4 Å². The van der Waals surface area contributed by atoms with Crippen LogP contribution in [-0.2, 0) is 9.63 Å². The maximum Gasteiger partial charge on any atom is 0.268 e. The van der Waals surface area contributed by atoms with Crippen molar-refractivity contribution in [2.24, 2.45) is 5.16 Å². The third kappa shape index (κ3) is 3.72. The zero-order chi connectivity index (χ0) is 18.5. The molecule has 7 heteroatoms. The van der Waals surface area contributed by atoms with Gasteiger partial charge in [0, 0.05) is 17.7 Å². The minimum atomic E-state index is -0.706. The molecule has 3 rings (SSSR count). The topological polar surface area (TPSA) is 78.4 Å². The lowest BCUT2D eigenvalue weighted by molar-refractivity contribution is -0.125. The van der Waals surface area contributed by atoms with Gasteiger partial charge in [-0.25, -0.2) is 0 Å². The Morgan fingerprint density at radius 3 is 2.38 bits per heavy atom. The van der Waals surface area contributed by atoms with E-state index in [-0.39, 0.29) is 5.91 Å². The van der Waals surface area contributed by atoms with E-state index in [1.54, 1.807) is 57.7 Å². The summed E-state index contributed by atoms with van der Waals surface area (Å²) in [5.41, 5.74) is 2.04. The van der Waals surface area contributed by atoms with Crippen LogP contribution < -0.4 is 19.5 Å². The van der Waals surface area contributed by atoms with Crippen molar-refractivity contribution in [3.05, 3.63) is 48.0 Å². The van der Waals surface area contributed by atoms with Crippen molar-refractivity contribution >= 4 is 17.3 Å². The Balaban J connectivity index is 1.68. The lowest BCUT2D eigenvalue weighted by Crippen LogP contribution is -2.28. The fraction of sp³-hybridized carbons (Fsp3) is 0.263. The van der Waals surface area contributed by atoms with Crippen molar-refractivity contribution in [2.45, 2.75) is 12.5 Å². The van der Waals surface area contributed by atoms with E-state index in [1.807, 2.05) is 6.07 Å². The van der Waals surface area contributed by atoms with Crippen molar-refractivity contribution in [1.82, 2.24) is 0 Å². The molecule has 7 nitrogen and oxygen atoms in total. The number of benzene rings is 2. The van der Waals surface area contributed by atoms with Gasteiger partial charge in [-0.05, 0) is 42.5 Å². The molecule has 0 spiro atoms. The van der Waals surface area contributed by atoms with E-state index in [2.05, 4.69) is 10.5 Å². The van der Waals surface area contributed by atoms with Gasteiger partial charge in [-0.15, -0.1) is 0 Å². The van der Waals surface area contributed by atoms with Crippen LogP contribution in [0.3, 0.4) is 0 Å². The molecular formula is C19H20N2O5. The first-order valence-electron chi connectivity index (χ1n) is 8.04. The van der Waals surface area contributed by atoms with Gasteiger partial charge in [-0.2, -0.15) is 0 Å². The van der Waals surface area contributed by atoms with E-state index in [9.17, 15) is 4.79 Å². The SMILES string of the molecule is COc1ccc(NC(=O)[C@@H]2CC(c3cc(OC)ccc3OC)=NO2)cc1. The molecule has 26 heavy (non-hydrogen) atoms. The summed E-state index contributed by atoms with van der Waals surface area (Å²) in [4.78, 5) is 17.8. The van der Waals surface area contributed by atoms with Gasteiger partial charge in [0.25, 0.3) is 5.91 Å². The molecule has 0 saturated carbocycles. The minimum absolute atomic E-state index is 0.268. The monoisotopic (exact) mass is 356 g/mol. The smallest absolute Gasteiger partial charge is 0.268 e. The molecule has 1 heterocycles. The van der Waals surface area contributed by atoms with E-state index < -0.39 is 6.10 Å². The summed E-state index contributed by atoms with van der Waals surface area (Å²) in [5, 5.41) is 6.87. The first kappa shape index (κ1) is 17.6. The zero-order valence-electron chi connectivity index (χ0n) is 14.8. The van der Waals surface area contributed by atoms with Gasteiger partial charge in [0.2, 0.25) is 6.10 Å². The van der Waals surface area contributed by atoms with Gasteiger partial charge in [0.05, 0.1) is 27.0 Å². The summed E-state index contributed by atoms with van der Waals surface area (Å²) in [6.07, 6.45) is -0.367. The number of hydrogen-bond acceptors (Lipinski definition) is 6. The molecule has 0 radical (unpaired) electrons. The molecule has 1 N–H and O–H groups in total. The molecular weight excluding hydrogens is 336 g/mol. The first-order chi connectivity index (χ1) is 12.6. The lowest BCUT2D eigenvalue weighted by Gasteiger charge is -2.11. The molecule has 0 saturated heterocycles. The molecule has 1 aliphatic rings. The molecule has 0 unspecified atom stereocenters. The van der Waals surface area contributed by atoms with Crippen molar-refractivity contribution in [3.8, 4) is 17.2 Å². The van der Waals surface area contributed by atoms with E-state index >= 15 is 0 Å². The van der Waals surface area contributed by atoms with Gasteiger partial charge >= 0.3 is 0 Å². The van der Waals surface area contributed by atoms with Gasteiger partial charge in [0.1, 0.15) is 17.2 Å². The Morgan fingerprint density at radius 1 is 1.04 bits per heavy atom. The maximum atomic E-state index is 12.4. The molecule has 2 aromatic carbocycles. The van der Waals surface area contributed by atoms with Crippen LogP contribution in [0.1, 0.15) is 12.0 Å². The highest BCUT2D eigenvalue weighted by atomic mass is 16.6. The second-order valence-corrected chi connectivity index (χ2v) is 5.62. The Labute approximate surface area is 151 Å². The van der Waals surface area contributed by atoms with Crippen LogP contribution in [0, 0.1) is 0 Å². The fourth-order valence-corrected chi connectivity index (χ4v) is 2.61. The number of nitrogens with zero attached hydrogens (tertiary/aromatic N) is 1. The second-order valence-electron chi connectivity index (χ2n) is 5.62. The van der Waals surface area contributed by atoms with Gasteiger partial charge in [0.15, 0.2) is 0 Å². The molecule has 0 bridgehead atoms. The molecule has 1 atom stereocenters. The first-order valence-corrected chi connectivity index (χ1v) is 8.04. The molecule has 136 valence electrons. The summed E-state index contributed by atoms with van der Waals surface area (Å²) in [7, 11) is 4.75. The Hall–Kier alpha value is -3.22. The normalized spacial score (nSPS) is 15.7. The van der Waals surface area contributed by atoms with Gasteiger partial charge in [-0.1, -0.05) is 5.16 Å². The van der Waals surface area contributed by atoms with E-state index in [1.165, 1.54) is 0 Å². The minimum Gasteiger partial charge on any atom is -0.497 e. The number of carbonyl (C=O) groups excluding carboxylic acids is 1. The lowest BCUT2D eigenvalue weighted by atomic mass is 10.0. The summed E-state index contributed by atoms with van der Waals surface area (Å²) >= 11 is 0. The quantitative estimate of drug-likeness (QED) is 0.861. The van der Waals surface area contributed by atoms with Crippen LogP contribution in [0.15, 0.2) is 47.6 Å². The largest absolute Gasteiger partial charge is 0.497 e. The third-order valence-electron chi connectivity index (χ3n) is 4.04. The standard InChI is InChI=1S/C19H20N2O5/c1-23-13-6-4-12(5-7-13)20-19(22)18-11-16(21-26-18)15-10-14(24-2)8-9-17(15)25-3/h4-10,18H,11H2,1-3H3,(H,20,22)/t18-/m0/s1. The highest BCUT2D eigenvalue weighted by molar-refractivity contribution is 6.07. The predicted molar refractivity (Wildman–Crippen MR) is 97.2 cm³/mol. The predicted octanol–water partition coefficient (Wildman–Crippen LogP) is 2.84. The summed E-state index contributed by atoms with van der Waals surface area (Å²) in [5.74, 6) is 1.77. The zero-order valence-corrected chi connectivity index (χ0v) is 14.8. The third-order valence-corrected chi connectivity index (χ3v) is 4.04. The van der Waals surface area contributed by atoms with Crippen LogP contribution >= 0.6 is 0 Å². The molecule has 0 aromatic heterocycles. The Bertz CT molecular complexity index is 817. The van der Waals surface area contributed by atoms with Crippen molar-refractivity contribution in [3.63, 3.8) is 0 Å². The number of carbonyl (C=O) groups is 1. The van der Waals surface area contributed by atoms with Crippen molar-refractivity contribution < 1.29 is 23.8 Å². The number of oxime groups is 1. The fourth-order valence-electron chi connectivity index (χ4n) is 2.61. The van der Waals surface area contributed by atoms with Gasteiger partial charge in [-0.3, -0.25) is 4.79 Å². The number of methoxy groups -OCH3 is 3. The van der Waals surface area contributed by atoms with Crippen LogP contribution in [0.25, 0.3) is 0 Å². The highest BCUT2D eigenvalue weighted by Crippen LogP contribution is 2.29. The van der Waals surface area contributed by atoms with E-state index in [0.717, 1.165) is 11.3 Å². The molecule has 0 aliphatic carbocycles. The molecule has 2 aromatic rings. The summed E-state index contributed by atoms with van der Waals surface area (Å²) in [6, 6.07) is 12.5. The summed E-state index contributed by atoms with van der Waals surface area (Å²) in [6.45, 7) is 0. The van der Waals surface area contributed by atoms with E-state index in [4.69, 9.17) is 19.0 Å². The number of ether oxygens (including phenoxy) is 3.